The molecule has 1 saturated heterocycles. The van der Waals surface area contributed by atoms with Crippen LogP contribution in [0.3, 0.4) is 0 Å². The number of hydrogen-bond donors (Lipinski definition) is 3. The van der Waals surface area contributed by atoms with Crippen molar-refractivity contribution in [1.82, 2.24) is 10.6 Å². The van der Waals surface area contributed by atoms with Crippen LogP contribution >= 0.6 is 0 Å². The van der Waals surface area contributed by atoms with Crippen molar-refractivity contribution in [3.63, 3.8) is 0 Å². The lowest BCUT2D eigenvalue weighted by atomic mass is 9.54. The zero-order valence-corrected chi connectivity index (χ0v) is 12.5. The molecule has 2 amide bonds. The van der Waals surface area contributed by atoms with Crippen molar-refractivity contribution in [2.75, 3.05) is 6.61 Å². The standard InChI is InChI=1S/C16H26N2O3/c19-12-5-3-4-11(12)17-15(20)18-13-10-6-9-21-14(10)16(13)7-1-2-8-16/h10-14,19H,1-9H2,(H2,17,18,20)/t10?,11-,12-,13?,14?/m1/s1. The highest BCUT2D eigenvalue weighted by Crippen LogP contribution is 2.60. The lowest BCUT2D eigenvalue weighted by Gasteiger charge is -2.56. The molecule has 5 atom stereocenters. The maximum atomic E-state index is 12.3. The summed E-state index contributed by atoms with van der Waals surface area (Å²) in [5, 5.41) is 16.0. The molecule has 4 aliphatic rings. The molecule has 0 radical (unpaired) electrons. The molecular formula is C16H26N2O3. The van der Waals surface area contributed by atoms with E-state index in [4.69, 9.17) is 4.74 Å². The summed E-state index contributed by atoms with van der Waals surface area (Å²) in [5.74, 6) is 0.502. The molecule has 1 aliphatic heterocycles. The van der Waals surface area contributed by atoms with E-state index in [1.54, 1.807) is 0 Å². The second-order valence-corrected chi connectivity index (χ2v) is 7.38. The van der Waals surface area contributed by atoms with Gasteiger partial charge in [0.25, 0.3) is 0 Å². The summed E-state index contributed by atoms with van der Waals surface area (Å²) >= 11 is 0. The van der Waals surface area contributed by atoms with Gasteiger partial charge in [0.2, 0.25) is 0 Å². The first kappa shape index (κ1) is 13.8. The Kier molecular flexibility index (Phi) is 3.38. The topological polar surface area (TPSA) is 70.6 Å². The highest BCUT2D eigenvalue weighted by atomic mass is 16.5. The van der Waals surface area contributed by atoms with E-state index in [0.717, 1.165) is 32.3 Å². The Morgan fingerprint density at radius 3 is 2.62 bits per heavy atom. The SMILES string of the molecule is O=C(NC1C2CCOC2C12CCCC2)N[C@@H]1CCC[C@H]1O. The highest BCUT2D eigenvalue weighted by molar-refractivity contribution is 5.75. The lowest BCUT2D eigenvalue weighted by Crippen LogP contribution is -2.69. The third-order valence-corrected chi connectivity index (χ3v) is 6.37. The summed E-state index contributed by atoms with van der Waals surface area (Å²) in [6.45, 7) is 0.845. The Hall–Kier alpha value is -0.810. The van der Waals surface area contributed by atoms with Crippen molar-refractivity contribution in [3.8, 4) is 0 Å². The van der Waals surface area contributed by atoms with Gasteiger partial charge in [-0.25, -0.2) is 4.79 Å². The number of fused-ring (bicyclic) bond motifs is 2. The summed E-state index contributed by atoms with van der Waals surface area (Å²) in [7, 11) is 0. The molecule has 3 aliphatic carbocycles. The van der Waals surface area contributed by atoms with Crippen LogP contribution < -0.4 is 10.6 Å². The molecule has 3 N–H and O–H groups in total. The summed E-state index contributed by atoms with van der Waals surface area (Å²) in [6.07, 6.45) is 8.65. The summed E-state index contributed by atoms with van der Waals surface area (Å²) in [5.41, 5.74) is 0.201. The van der Waals surface area contributed by atoms with Crippen molar-refractivity contribution in [2.24, 2.45) is 11.3 Å². The molecular weight excluding hydrogens is 268 g/mol. The van der Waals surface area contributed by atoms with Crippen molar-refractivity contribution < 1.29 is 14.6 Å². The molecule has 21 heavy (non-hydrogen) atoms. The number of aliphatic hydroxyl groups excluding tert-OH is 1. The number of carbonyl (C=O) groups is 1. The van der Waals surface area contributed by atoms with Crippen LogP contribution in [0.5, 0.6) is 0 Å². The minimum atomic E-state index is -0.375. The minimum Gasteiger partial charge on any atom is -0.391 e. The molecule has 0 aromatic carbocycles. The predicted molar refractivity (Wildman–Crippen MR) is 77.8 cm³/mol. The van der Waals surface area contributed by atoms with Crippen molar-refractivity contribution in [2.45, 2.75) is 75.7 Å². The van der Waals surface area contributed by atoms with Crippen LogP contribution in [0.25, 0.3) is 0 Å². The van der Waals surface area contributed by atoms with Gasteiger partial charge in [-0.3, -0.25) is 0 Å². The van der Waals surface area contributed by atoms with Crippen LogP contribution in [0.4, 0.5) is 4.79 Å². The molecule has 0 bridgehead atoms. The number of aliphatic hydroxyl groups is 1. The molecule has 3 saturated carbocycles. The van der Waals surface area contributed by atoms with Gasteiger partial charge in [0, 0.05) is 24.0 Å². The van der Waals surface area contributed by atoms with Crippen LogP contribution in [-0.4, -0.2) is 42.0 Å². The smallest absolute Gasteiger partial charge is 0.315 e. The molecule has 5 nitrogen and oxygen atoms in total. The van der Waals surface area contributed by atoms with Gasteiger partial charge < -0.3 is 20.5 Å². The van der Waals surface area contributed by atoms with Gasteiger partial charge in [-0.05, 0) is 38.5 Å². The Morgan fingerprint density at radius 2 is 1.90 bits per heavy atom. The van der Waals surface area contributed by atoms with Gasteiger partial charge in [0.15, 0.2) is 0 Å². The Bertz CT molecular complexity index is 422. The molecule has 1 heterocycles. The maximum absolute atomic E-state index is 12.3. The van der Waals surface area contributed by atoms with Gasteiger partial charge in [0.05, 0.1) is 18.2 Å². The Labute approximate surface area is 125 Å². The third-order valence-electron chi connectivity index (χ3n) is 6.37. The average Bonchev–Trinajstić information content (AvgIpc) is 3.16. The number of amides is 2. The van der Waals surface area contributed by atoms with Crippen LogP contribution in [0.1, 0.15) is 51.4 Å². The first-order valence-electron chi connectivity index (χ1n) is 8.57. The first-order valence-corrected chi connectivity index (χ1v) is 8.57. The van der Waals surface area contributed by atoms with Crippen molar-refractivity contribution >= 4 is 6.03 Å². The predicted octanol–water partition coefficient (Wildman–Crippen LogP) is 1.55. The van der Waals surface area contributed by atoms with Crippen LogP contribution in [-0.2, 0) is 4.74 Å². The van der Waals surface area contributed by atoms with Gasteiger partial charge in [-0.1, -0.05) is 12.8 Å². The minimum absolute atomic E-state index is 0.0692. The molecule has 3 unspecified atom stereocenters. The molecule has 0 aromatic heterocycles. The number of carbonyl (C=O) groups excluding carboxylic acids is 1. The fraction of sp³-hybridized carbons (Fsp3) is 0.938. The van der Waals surface area contributed by atoms with Gasteiger partial charge >= 0.3 is 6.03 Å². The number of urea groups is 1. The lowest BCUT2D eigenvalue weighted by molar-refractivity contribution is -0.126. The zero-order valence-electron chi connectivity index (χ0n) is 12.5. The third kappa shape index (κ3) is 2.08. The Balaban J connectivity index is 1.40. The van der Waals surface area contributed by atoms with E-state index < -0.39 is 0 Å². The van der Waals surface area contributed by atoms with Gasteiger partial charge in [0.1, 0.15) is 0 Å². The number of rotatable bonds is 2. The quantitative estimate of drug-likeness (QED) is 0.723. The Morgan fingerprint density at radius 1 is 1.10 bits per heavy atom. The average molecular weight is 294 g/mol. The molecule has 118 valence electrons. The molecule has 1 spiro atoms. The molecule has 5 heteroatoms. The van der Waals surface area contributed by atoms with Crippen LogP contribution in [0.2, 0.25) is 0 Å². The second-order valence-electron chi connectivity index (χ2n) is 7.38. The van der Waals surface area contributed by atoms with Crippen molar-refractivity contribution in [1.29, 1.82) is 0 Å². The zero-order chi connectivity index (χ0) is 14.4. The summed E-state index contributed by atoms with van der Waals surface area (Å²) < 4.78 is 5.94. The van der Waals surface area contributed by atoms with E-state index in [2.05, 4.69) is 10.6 Å². The van der Waals surface area contributed by atoms with E-state index in [1.165, 1.54) is 25.7 Å². The van der Waals surface area contributed by atoms with E-state index >= 15 is 0 Å². The number of ether oxygens (including phenoxy) is 1. The van der Waals surface area contributed by atoms with Crippen LogP contribution in [0, 0.1) is 11.3 Å². The molecule has 0 aromatic rings. The molecule has 4 rings (SSSR count). The number of nitrogens with one attached hydrogen (secondary N) is 2. The largest absolute Gasteiger partial charge is 0.391 e. The molecule has 4 fully saturated rings. The normalized spacial score (nSPS) is 43.6. The summed E-state index contributed by atoms with van der Waals surface area (Å²) in [4.78, 5) is 12.3. The fourth-order valence-corrected chi connectivity index (χ4v) is 5.36. The van der Waals surface area contributed by atoms with E-state index in [0.29, 0.717) is 12.0 Å². The number of hydrogen-bond acceptors (Lipinski definition) is 3. The first-order chi connectivity index (χ1) is 10.2. The van der Waals surface area contributed by atoms with Crippen molar-refractivity contribution in [3.05, 3.63) is 0 Å². The van der Waals surface area contributed by atoms with E-state index in [-0.39, 0.29) is 29.6 Å². The highest BCUT2D eigenvalue weighted by Gasteiger charge is 2.65. The van der Waals surface area contributed by atoms with E-state index in [9.17, 15) is 9.90 Å². The van der Waals surface area contributed by atoms with E-state index in [1.807, 2.05) is 0 Å². The van der Waals surface area contributed by atoms with Gasteiger partial charge in [-0.15, -0.1) is 0 Å². The fourth-order valence-electron chi connectivity index (χ4n) is 5.36. The summed E-state index contributed by atoms with van der Waals surface area (Å²) in [6, 6.07) is 0.105. The second kappa shape index (κ2) is 5.13. The van der Waals surface area contributed by atoms with Crippen LogP contribution in [0.15, 0.2) is 0 Å². The monoisotopic (exact) mass is 294 g/mol. The van der Waals surface area contributed by atoms with Gasteiger partial charge in [-0.2, -0.15) is 0 Å². The maximum Gasteiger partial charge on any atom is 0.315 e.